The van der Waals surface area contributed by atoms with Crippen molar-refractivity contribution in [1.82, 2.24) is 4.57 Å². The maximum absolute atomic E-state index is 12.9. The van der Waals surface area contributed by atoms with E-state index in [1.807, 2.05) is 0 Å². The highest BCUT2D eigenvalue weighted by molar-refractivity contribution is 6.16. The summed E-state index contributed by atoms with van der Waals surface area (Å²) >= 11 is 0. The van der Waals surface area contributed by atoms with Crippen LogP contribution in [-0.4, -0.2) is 54.9 Å². The Hall–Kier alpha value is -3.62. The van der Waals surface area contributed by atoms with Gasteiger partial charge in [0.15, 0.2) is 0 Å². The lowest BCUT2D eigenvalue weighted by Gasteiger charge is -2.13. The van der Waals surface area contributed by atoms with Crippen LogP contribution in [0, 0.1) is 0 Å². The van der Waals surface area contributed by atoms with Gasteiger partial charge in [-0.15, -0.1) is 0 Å². The Morgan fingerprint density at radius 2 is 0.968 bits per heavy atom. The van der Waals surface area contributed by atoms with Crippen molar-refractivity contribution in [2.75, 3.05) is 26.4 Å². The number of aromatic nitrogens is 1. The van der Waals surface area contributed by atoms with E-state index in [2.05, 4.69) is 0 Å². The number of carbonyl (C=O) groups is 4. The third-order valence-corrected chi connectivity index (χ3v) is 4.08. The first kappa shape index (κ1) is 23.7. The second kappa shape index (κ2) is 11.0. The van der Waals surface area contributed by atoms with Crippen LogP contribution < -0.4 is 0 Å². The van der Waals surface area contributed by atoms with Gasteiger partial charge in [0.05, 0.1) is 26.4 Å². The maximum Gasteiger partial charge on any atom is 0.356 e. The van der Waals surface area contributed by atoms with Gasteiger partial charge in [0, 0.05) is 5.69 Å². The zero-order valence-corrected chi connectivity index (χ0v) is 17.9. The summed E-state index contributed by atoms with van der Waals surface area (Å²) in [5.74, 6) is -3.74. The van der Waals surface area contributed by atoms with Crippen molar-refractivity contribution in [1.29, 1.82) is 0 Å². The first-order chi connectivity index (χ1) is 14.9. The number of para-hydroxylation sites is 1. The van der Waals surface area contributed by atoms with Crippen LogP contribution in [0.4, 0.5) is 0 Å². The molecule has 0 radical (unpaired) electrons. The zero-order valence-electron chi connectivity index (χ0n) is 17.9. The van der Waals surface area contributed by atoms with Gasteiger partial charge in [-0.2, -0.15) is 0 Å². The van der Waals surface area contributed by atoms with Crippen molar-refractivity contribution in [3.63, 3.8) is 0 Å². The molecule has 2 aromatic rings. The molecule has 0 atom stereocenters. The van der Waals surface area contributed by atoms with E-state index in [1.165, 1.54) is 4.57 Å². The van der Waals surface area contributed by atoms with E-state index in [-0.39, 0.29) is 37.8 Å². The number of nitrogens with zero attached hydrogens (tertiary/aromatic N) is 1. The summed E-state index contributed by atoms with van der Waals surface area (Å²) in [4.78, 5) is 51.6. The lowest BCUT2D eigenvalue weighted by Crippen LogP contribution is -2.19. The number of esters is 4. The lowest BCUT2D eigenvalue weighted by molar-refractivity contribution is 0.0453. The monoisotopic (exact) mass is 431 g/mol. The fourth-order valence-electron chi connectivity index (χ4n) is 3.00. The van der Waals surface area contributed by atoms with E-state index in [9.17, 15) is 19.2 Å². The second-order valence-electron chi connectivity index (χ2n) is 6.00. The zero-order chi connectivity index (χ0) is 23.0. The Balaban J connectivity index is 3.04. The number of ether oxygens (including phenoxy) is 4. The molecule has 0 bridgehead atoms. The first-order valence-corrected chi connectivity index (χ1v) is 9.95. The van der Waals surface area contributed by atoms with Crippen LogP contribution in [0.1, 0.15) is 69.4 Å². The summed E-state index contributed by atoms with van der Waals surface area (Å²) < 4.78 is 21.6. The molecule has 0 aliphatic carbocycles. The van der Waals surface area contributed by atoms with Crippen LogP contribution in [0.2, 0.25) is 0 Å². The van der Waals surface area contributed by atoms with Gasteiger partial charge in [0.25, 0.3) is 0 Å². The molecule has 0 saturated heterocycles. The Kier molecular flexibility index (Phi) is 8.36. The quantitative estimate of drug-likeness (QED) is 0.440. The van der Waals surface area contributed by atoms with Gasteiger partial charge in [-0.3, -0.25) is 4.57 Å². The molecular formula is C22H25NO8. The smallest absolute Gasteiger partial charge is 0.356 e. The van der Waals surface area contributed by atoms with E-state index in [4.69, 9.17) is 18.9 Å². The standard InChI is InChI=1S/C22H25NO8/c1-5-28-19(24)15-16(20(25)29-6-2)18(22(27)31-8-4)23(14-12-10-9-11-13-14)17(15)21(26)30-7-3/h9-13H,5-8H2,1-4H3. The Labute approximate surface area is 179 Å². The third kappa shape index (κ3) is 4.93. The molecule has 0 unspecified atom stereocenters. The van der Waals surface area contributed by atoms with Crippen molar-refractivity contribution in [3.05, 3.63) is 52.8 Å². The van der Waals surface area contributed by atoms with Crippen LogP contribution in [0.25, 0.3) is 5.69 Å². The molecule has 0 aliphatic heterocycles. The van der Waals surface area contributed by atoms with Gasteiger partial charge in [-0.25, -0.2) is 19.2 Å². The van der Waals surface area contributed by atoms with E-state index >= 15 is 0 Å². The van der Waals surface area contributed by atoms with Crippen LogP contribution >= 0.6 is 0 Å². The molecule has 1 aromatic heterocycles. The fraction of sp³-hybridized carbons (Fsp3) is 0.364. The average Bonchev–Trinajstić information content (AvgIpc) is 3.11. The molecule has 1 aromatic carbocycles. The largest absolute Gasteiger partial charge is 0.462 e. The number of hydrogen-bond acceptors (Lipinski definition) is 8. The van der Waals surface area contributed by atoms with E-state index in [0.29, 0.717) is 5.69 Å². The highest BCUT2D eigenvalue weighted by Gasteiger charge is 2.40. The van der Waals surface area contributed by atoms with Crippen molar-refractivity contribution >= 4 is 23.9 Å². The van der Waals surface area contributed by atoms with Crippen LogP contribution in [-0.2, 0) is 18.9 Å². The van der Waals surface area contributed by atoms with Crippen LogP contribution in [0.15, 0.2) is 30.3 Å². The minimum Gasteiger partial charge on any atom is -0.462 e. The minimum atomic E-state index is -0.964. The van der Waals surface area contributed by atoms with E-state index in [1.54, 1.807) is 58.0 Å². The average molecular weight is 431 g/mol. The van der Waals surface area contributed by atoms with Gasteiger partial charge in [0.1, 0.15) is 22.5 Å². The highest BCUT2D eigenvalue weighted by Crippen LogP contribution is 2.30. The minimum absolute atomic E-state index is 0.00451. The molecule has 9 heteroatoms. The van der Waals surface area contributed by atoms with E-state index in [0.717, 1.165) is 0 Å². The maximum atomic E-state index is 12.9. The second-order valence-corrected chi connectivity index (χ2v) is 6.00. The number of carbonyl (C=O) groups excluding carboxylic acids is 4. The molecule has 9 nitrogen and oxygen atoms in total. The third-order valence-electron chi connectivity index (χ3n) is 4.08. The van der Waals surface area contributed by atoms with Crippen molar-refractivity contribution in [2.45, 2.75) is 27.7 Å². The number of benzene rings is 1. The molecular weight excluding hydrogens is 406 g/mol. The molecule has 0 aliphatic rings. The Morgan fingerprint density at radius 3 is 1.32 bits per heavy atom. The highest BCUT2D eigenvalue weighted by atomic mass is 16.5. The summed E-state index contributed by atoms with van der Waals surface area (Å²) in [7, 11) is 0. The molecule has 0 saturated carbocycles. The molecule has 2 rings (SSSR count). The SMILES string of the molecule is CCOC(=O)c1c(C(=O)OCC)c(C(=O)OCC)n(-c2ccccc2)c1C(=O)OCC. The predicted molar refractivity (Wildman–Crippen MR) is 110 cm³/mol. The molecule has 1 heterocycles. The first-order valence-electron chi connectivity index (χ1n) is 9.95. The summed E-state index contributed by atoms with van der Waals surface area (Å²) in [5.41, 5.74) is -1.12. The number of rotatable bonds is 9. The summed E-state index contributed by atoms with van der Waals surface area (Å²) in [6.07, 6.45) is 0. The Morgan fingerprint density at radius 1 is 0.613 bits per heavy atom. The topological polar surface area (TPSA) is 110 Å². The lowest BCUT2D eigenvalue weighted by atomic mass is 10.1. The summed E-state index contributed by atoms with van der Waals surface area (Å²) in [6, 6.07) is 8.30. The van der Waals surface area contributed by atoms with Gasteiger partial charge in [0.2, 0.25) is 0 Å². The Bertz CT molecular complexity index is 904. The normalized spacial score (nSPS) is 10.3. The molecule has 0 N–H and O–H groups in total. The van der Waals surface area contributed by atoms with Gasteiger partial charge in [-0.05, 0) is 39.8 Å². The van der Waals surface area contributed by atoms with Gasteiger partial charge >= 0.3 is 23.9 Å². The molecule has 0 spiro atoms. The summed E-state index contributed by atoms with van der Waals surface area (Å²) in [5, 5.41) is 0. The predicted octanol–water partition coefficient (Wildman–Crippen LogP) is 3.18. The molecule has 166 valence electrons. The van der Waals surface area contributed by atoms with Gasteiger partial charge in [-0.1, -0.05) is 18.2 Å². The van der Waals surface area contributed by atoms with Crippen LogP contribution in [0.3, 0.4) is 0 Å². The van der Waals surface area contributed by atoms with Gasteiger partial charge < -0.3 is 18.9 Å². The van der Waals surface area contributed by atoms with Crippen molar-refractivity contribution < 1.29 is 38.1 Å². The molecule has 31 heavy (non-hydrogen) atoms. The van der Waals surface area contributed by atoms with Crippen molar-refractivity contribution in [2.24, 2.45) is 0 Å². The van der Waals surface area contributed by atoms with E-state index < -0.39 is 35.0 Å². The number of hydrogen-bond donors (Lipinski definition) is 0. The molecule has 0 fully saturated rings. The fourth-order valence-corrected chi connectivity index (χ4v) is 3.00. The van der Waals surface area contributed by atoms with Crippen LogP contribution in [0.5, 0.6) is 0 Å². The van der Waals surface area contributed by atoms with Crippen molar-refractivity contribution in [3.8, 4) is 5.69 Å². The molecule has 0 amide bonds. The summed E-state index contributed by atoms with van der Waals surface area (Å²) in [6.45, 7) is 6.31.